The summed E-state index contributed by atoms with van der Waals surface area (Å²) < 4.78 is 5.88. The molecule has 0 aromatic heterocycles. The molecule has 1 heterocycles. The minimum absolute atomic E-state index is 0.00855. The fourth-order valence-electron chi connectivity index (χ4n) is 1.79. The van der Waals surface area contributed by atoms with Crippen molar-refractivity contribution in [1.29, 1.82) is 0 Å². The molecule has 0 unspecified atom stereocenters. The lowest BCUT2D eigenvalue weighted by Crippen LogP contribution is -2.40. The summed E-state index contributed by atoms with van der Waals surface area (Å²) in [7, 11) is 3.48. The molecule has 0 bridgehead atoms. The Kier molecular flexibility index (Phi) is 5.97. The molecule has 1 aliphatic rings. The first-order chi connectivity index (χ1) is 7.95. The predicted molar refractivity (Wildman–Crippen MR) is 73.5 cm³/mol. The number of carbonyl (C=O) groups excluding carboxylic acids is 1. The van der Waals surface area contributed by atoms with E-state index < -0.39 is 6.10 Å². The summed E-state index contributed by atoms with van der Waals surface area (Å²) in [5.41, 5.74) is 0. The van der Waals surface area contributed by atoms with E-state index in [2.05, 4.69) is 22.9 Å². The van der Waals surface area contributed by atoms with Crippen LogP contribution >= 0.6 is 27.5 Å². The van der Waals surface area contributed by atoms with Gasteiger partial charge < -0.3 is 9.64 Å². The quantitative estimate of drug-likeness (QED) is 0.731. The van der Waals surface area contributed by atoms with E-state index in [0.29, 0.717) is 6.42 Å². The molecule has 0 aromatic rings. The summed E-state index contributed by atoms with van der Waals surface area (Å²) in [6.45, 7) is 2.05. The summed E-state index contributed by atoms with van der Waals surface area (Å²) in [5.74, 6) is -0.00855. The molecule has 0 aliphatic carbocycles. The maximum atomic E-state index is 12.0. The monoisotopic (exact) mass is 323 g/mol. The smallest absolute Gasteiger partial charge is 0.251 e. The van der Waals surface area contributed by atoms with Crippen molar-refractivity contribution in [2.75, 3.05) is 14.1 Å². The highest BCUT2D eigenvalue weighted by atomic mass is 79.9. The van der Waals surface area contributed by atoms with Gasteiger partial charge in [-0.2, -0.15) is 0 Å². The molecular formula is C12H19BrClNO2. The zero-order valence-electron chi connectivity index (χ0n) is 10.5. The van der Waals surface area contributed by atoms with Crippen molar-refractivity contribution >= 4 is 33.4 Å². The van der Waals surface area contributed by atoms with Gasteiger partial charge in [0, 0.05) is 30.4 Å². The topological polar surface area (TPSA) is 29.5 Å². The van der Waals surface area contributed by atoms with Gasteiger partial charge in [-0.3, -0.25) is 4.79 Å². The largest absolute Gasteiger partial charge is 0.364 e. The molecule has 17 heavy (non-hydrogen) atoms. The van der Waals surface area contributed by atoms with Gasteiger partial charge in [0.05, 0.1) is 6.10 Å². The Bertz CT molecular complexity index is 307. The first kappa shape index (κ1) is 15.0. The van der Waals surface area contributed by atoms with Crippen LogP contribution in [-0.4, -0.2) is 41.9 Å². The lowest BCUT2D eigenvalue weighted by Gasteiger charge is -2.29. The minimum Gasteiger partial charge on any atom is -0.364 e. The highest BCUT2D eigenvalue weighted by Crippen LogP contribution is 2.27. The van der Waals surface area contributed by atoms with Gasteiger partial charge in [0.25, 0.3) is 5.91 Å². The van der Waals surface area contributed by atoms with Crippen molar-refractivity contribution < 1.29 is 9.53 Å². The molecule has 0 saturated heterocycles. The van der Waals surface area contributed by atoms with Crippen molar-refractivity contribution in [3.63, 3.8) is 0 Å². The third-order valence-corrected chi connectivity index (χ3v) is 4.03. The molecule has 0 aromatic carbocycles. The van der Waals surface area contributed by atoms with Crippen molar-refractivity contribution in [3.8, 4) is 0 Å². The van der Waals surface area contributed by atoms with Crippen LogP contribution in [0, 0.1) is 0 Å². The fraction of sp³-hybridized carbons (Fsp3) is 0.750. The van der Waals surface area contributed by atoms with Crippen molar-refractivity contribution in [1.82, 2.24) is 4.90 Å². The molecule has 0 radical (unpaired) electrons. The number of alkyl halides is 1. The maximum absolute atomic E-state index is 12.0. The van der Waals surface area contributed by atoms with Crippen molar-refractivity contribution in [2.24, 2.45) is 0 Å². The Balaban J connectivity index is 2.84. The van der Waals surface area contributed by atoms with Crippen LogP contribution in [0.1, 0.15) is 26.2 Å². The predicted octanol–water partition coefficient (Wildman–Crippen LogP) is 2.92. The minimum atomic E-state index is -0.427. The highest BCUT2D eigenvalue weighted by molar-refractivity contribution is 9.09. The van der Waals surface area contributed by atoms with E-state index in [9.17, 15) is 4.79 Å². The second kappa shape index (κ2) is 6.76. The van der Waals surface area contributed by atoms with E-state index in [1.54, 1.807) is 19.0 Å². The van der Waals surface area contributed by atoms with Crippen molar-refractivity contribution in [3.05, 3.63) is 11.1 Å². The summed E-state index contributed by atoms with van der Waals surface area (Å²) in [4.78, 5) is 13.7. The number of nitrogens with zero attached hydrogens (tertiary/aromatic N) is 1. The second-order valence-electron chi connectivity index (χ2n) is 4.41. The SMILES string of the molecule is CC[C@H]1O[C@@H](C(=O)N(C)C)C/C=C(/Cl)C[C@@H]1Br. The Hall–Kier alpha value is -0.0600. The lowest BCUT2D eigenvalue weighted by atomic mass is 10.1. The van der Waals surface area contributed by atoms with Gasteiger partial charge in [0.2, 0.25) is 0 Å². The third kappa shape index (κ3) is 4.27. The lowest BCUT2D eigenvalue weighted by molar-refractivity contribution is -0.145. The number of ether oxygens (including phenoxy) is 1. The standard InChI is InChI=1S/C12H19BrClNO2/c1-4-10-9(13)7-8(14)5-6-11(17-10)12(16)15(2)3/h5,9-11H,4,6-7H2,1-3H3/b8-5+/t9-,10+,11+/m0/s1. The zero-order valence-corrected chi connectivity index (χ0v) is 12.8. The first-order valence-corrected chi connectivity index (χ1v) is 7.10. The molecule has 0 fully saturated rings. The van der Waals surface area contributed by atoms with Gasteiger partial charge in [-0.05, 0) is 12.8 Å². The maximum Gasteiger partial charge on any atom is 0.251 e. The Morgan fingerprint density at radius 1 is 1.65 bits per heavy atom. The number of carbonyl (C=O) groups is 1. The van der Waals surface area contributed by atoms with E-state index in [1.165, 1.54) is 0 Å². The summed E-state index contributed by atoms with van der Waals surface area (Å²) >= 11 is 9.69. The molecule has 0 spiro atoms. The molecule has 0 N–H and O–H groups in total. The number of halogens is 2. The van der Waals surface area contributed by atoms with Gasteiger partial charge in [-0.15, -0.1) is 0 Å². The Morgan fingerprint density at radius 3 is 2.82 bits per heavy atom. The third-order valence-electron chi connectivity index (χ3n) is 2.80. The van der Waals surface area contributed by atoms with Crippen LogP contribution in [0.3, 0.4) is 0 Å². The van der Waals surface area contributed by atoms with Crippen LogP contribution in [-0.2, 0) is 9.53 Å². The number of amides is 1. The molecule has 0 saturated carbocycles. The summed E-state index contributed by atoms with van der Waals surface area (Å²) in [6, 6.07) is 0. The van der Waals surface area contributed by atoms with E-state index in [1.807, 2.05) is 6.08 Å². The van der Waals surface area contributed by atoms with E-state index in [-0.39, 0.29) is 16.8 Å². The average Bonchev–Trinajstić information content (AvgIpc) is 2.26. The molecular weight excluding hydrogens is 305 g/mol. The van der Waals surface area contributed by atoms with Crippen LogP contribution in [0.4, 0.5) is 0 Å². The first-order valence-electron chi connectivity index (χ1n) is 5.81. The van der Waals surface area contributed by atoms with Gasteiger partial charge in [0.1, 0.15) is 6.10 Å². The number of hydrogen-bond donors (Lipinski definition) is 0. The van der Waals surface area contributed by atoms with Crippen LogP contribution < -0.4 is 0 Å². The van der Waals surface area contributed by atoms with Crippen LogP contribution in [0.25, 0.3) is 0 Å². The average molecular weight is 325 g/mol. The molecule has 5 heteroatoms. The van der Waals surface area contributed by atoms with E-state index in [4.69, 9.17) is 16.3 Å². The molecule has 3 nitrogen and oxygen atoms in total. The zero-order chi connectivity index (χ0) is 13.0. The molecule has 98 valence electrons. The van der Waals surface area contributed by atoms with Gasteiger partial charge >= 0.3 is 0 Å². The van der Waals surface area contributed by atoms with Crippen molar-refractivity contribution in [2.45, 2.75) is 43.2 Å². The van der Waals surface area contributed by atoms with Gasteiger partial charge in [-0.1, -0.05) is 40.5 Å². The molecule has 3 atom stereocenters. The van der Waals surface area contributed by atoms with Crippen LogP contribution in [0.5, 0.6) is 0 Å². The summed E-state index contributed by atoms with van der Waals surface area (Å²) in [6.07, 6.45) is 3.63. The Morgan fingerprint density at radius 2 is 2.29 bits per heavy atom. The van der Waals surface area contributed by atoms with Crippen LogP contribution in [0.15, 0.2) is 11.1 Å². The normalized spacial score (nSPS) is 33.2. The fourth-order valence-corrected chi connectivity index (χ4v) is 3.08. The molecule has 1 aliphatic heterocycles. The Labute approximate surface area is 116 Å². The number of rotatable bonds is 2. The number of allylic oxidation sites excluding steroid dienone is 1. The number of likely N-dealkylation sites (N-methyl/N-ethyl adjacent to an activating group) is 1. The second-order valence-corrected chi connectivity index (χ2v) is 6.07. The van der Waals surface area contributed by atoms with E-state index >= 15 is 0 Å². The number of hydrogen-bond acceptors (Lipinski definition) is 2. The highest BCUT2D eigenvalue weighted by Gasteiger charge is 2.29. The van der Waals surface area contributed by atoms with Gasteiger partial charge in [0.15, 0.2) is 0 Å². The molecule has 1 rings (SSSR count). The summed E-state index contributed by atoms with van der Waals surface area (Å²) in [5, 5.41) is 0.796. The van der Waals surface area contributed by atoms with E-state index in [0.717, 1.165) is 17.9 Å². The molecule has 1 amide bonds. The van der Waals surface area contributed by atoms with Crippen LogP contribution in [0.2, 0.25) is 0 Å². The van der Waals surface area contributed by atoms with Gasteiger partial charge in [-0.25, -0.2) is 0 Å².